The molecule has 122 valence electrons. The Hall–Kier alpha value is -2.62. The molecule has 4 rings (SSSR count). The molecule has 0 saturated heterocycles. The lowest BCUT2D eigenvalue weighted by Gasteiger charge is -2.36. The van der Waals surface area contributed by atoms with Crippen LogP contribution < -0.4 is 4.90 Å². The molecule has 24 heavy (non-hydrogen) atoms. The number of rotatable bonds is 4. The van der Waals surface area contributed by atoms with Crippen LogP contribution >= 0.6 is 0 Å². The number of nitrogens with zero attached hydrogens (tertiary/aromatic N) is 3. The smallest absolute Gasteiger partial charge is 0.246 e. The molecule has 1 aromatic heterocycles. The van der Waals surface area contributed by atoms with Gasteiger partial charge < -0.3 is 9.42 Å². The van der Waals surface area contributed by atoms with E-state index in [1.165, 1.54) is 16.8 Å². The molecule has 0 bridgehead atoms. The van der Waals surface area contributed by atoms with Gasteiger partial charge in [-0.1, -0.05) is 53.7 Å². The maximum atomic E-state index is 5.50. The van der Waals surface area contributed by atoms with Crippen molar-refractivity contribution in [3.05, 3.63) is 77.4 Å². The van der Waals surface area contributed by atoms with Gasteiger partial charge in [0.2, 0.25) is 5.89 Å². The highest BCUT2D eigenvalue weighted by molar-refractivity contribution is 5.56. The van der Waals surface area contributed by atoms with E-state index < -0.39 is 0 Å². The topological polar surface area (TPSA) is 42.2 Å². The monoisotopic (exact) mass is 319 g/mol. The van der Waals surface area contributed by atoms with Gasteiger partial charge in [0, 0.05) is 18.2 Å². The van der Waals surface area contributed by atoms with Crippen LogP contribution in [0.1, 0.15) is 36.2 Å². The summed E-state index contributed by atoms with van der Waals surface area (Å²) in [7, 11) is 0. The maximum absolute atomic E-state index is 5.50. The molecule has 0 fully saturated rings. The fraction of sp³-hybridized carbons (Fsp3) is 0.300. The molecule has 1 aliphatic rings. The van der Waals surface area contributed by atoms with E-state index in [4.69, 9.17) is 4.52 Å². The zero-order chi connectivity index (χ0) is 16.4. The van der Waals surface area contributed by atoms with Crippen LogP contribution in [0.4, 0.5) is 5.69 Å². The minimum Gasteiger partial charge on any atom is -0.359 e. The Balaban J connectivity index is 1.52. The molecular formula is C20H21N3O. The molecule has 0 spiro atoms. The van der Waals surface area contributed by atoms with E-state index in [1.54, 1.807) is 0 Å². The number of hydrogen-bond acceptors (Lipinski definition) is 4. The first-order chi connectivity index (χ1) is 11.8. The average molecular weight is 319 g/mol. The highest BCUT2D eigenvalue weighted by Crippen LogP contribution is 2.31. The first-order valence-corrected chi connectivity index (χ1v) is 8.49. The molecule has 0 amide bonds. The van der Waals surface area contributed by atoms with E-state index in [2.05, 4.69) is 58.4 Å². The van der Waals surface area contributed by atoms with Crippen LogP contribution in [0.5, 0.6) is 0 Å². The average Bonchev–Trinajstić information content (AvgIpc) is 3.05. The second-order valence-corrected chi connectivity index (χ2v) is 6.41. The normalized spacial score (nSPS) is 16.9. The molecule has 0 radical (unpaired) electrons. The molecule has 2 aromatic carbocycles. The summed E-state index contributed by atoms with van der Waals surface area (Å²) in [5.74, 6) is 1.43. The lowest BCUT2D eigenvalue weighted by atomic mass is 9.97. The highest BCUT2D eigenvalue weighted by atomic mass is 16.5. The predicted molar refractivity (Wildman–Crippen MR) is 94.0 cm³/mol. The van der Waals surface area contributed by atoms with E-state index in [1.807, 2.05) is 18.2 Å². The van der Waals surface area contributed by atoms with Crippen LogP contribution in [-0.2, 0) is 19.4 Å². The van der Waals surface area contributed by atoms with Crippen molar-refractivity contribution >= 4 is 5.69 Å². The number of anilines is 1. The van der Waals surface area contributed by atoms with E-state index in [9.17, 15) is 0 Å². The van der Waals surface area contributed by atoms with Crippen LogP contribution in [0.15, 0.2) is 59.1 Å². The number of benzene rings is 2. The third kappa shape index (κ3) is 3.04. The van der Waals surface area contributed by atoms with E-state index >= 15 is 0 Å². The van der Waals surface area contributed by atoms with Crippen molar-refractivity contribution in [2.24, 2.45) is 0 Å². The number of aromatic nitrogens is 2. The molecule has 1 aliphatic heterocycles. The lowest BCUT2D eigenvalue weighted by molar-refractivity contribution is 0.365. The Labute approximate surface area is 142 Å². The fourth-order valence-electron chi connectivity index (χ4n) is 3.35. The minimum atomic E-state index is 0.476. The second kappa shape index (κ2) is 6.48. The lowest BCUT2D eigenvalue weighted by Crippen LogP contribution is -2.36. The van der Waals surface area contributed by atoms with Crippen molar-refractivity contribution in [1.29, 1.82) is 0 Å². The summed E-state index contributed by atoms with van der Waals surface area (Å²) in [6.45, 7) is 2.93. The quantitative estimate of drug-likeness (QED) is 0.729. The summed E-state index contributed by atoms with van der Waals surface area (Å²) >= 11 is 0. The van der Waals surface area contributed by atoms with Crippen LogP contribution in [0.3, 0.4) is 0 Å². The Bertz CT molecular complexity index is 813. The van der Waals surface area contributed by atoms with Gasteiger partial charge in [-0.15, -0.1) is 0 Å². The Morgan fingerprint density at radius 2 is 1.88 bits per heavy atom. The SMILES string of the molecule is CC1CCc2ccccc2N1Cc1nc(Cc2ccccc2)no1. The maximum Gasteiger partial charge on any atom is 0.246 e. The highest BCUT2D eigenvalue weighted by Gasteiger charge is 2.24. The third-order valence-electron chi connectivity index (χ3n) is 4.69. The Morgan fingerprint density at radius 1 is 1.08 bits per heavy atom. The van der Waals surface area contributed by atoms with E-state index in [-0.39, 0.29) is 0 Å². The van der Waals surface area contributed by atoms with E-state index in [0.717, 1.165) is 18.7 Å². The van der Waals surface area contributed by atoms with Gasteiger partial charge in [-0.2, -0.15) is 4.98 Å². The second-order valence-electron chi connectivity index (χ2n) is 6.41. The minimum absolute atomic E-state index is 0.476. The van der Waals surface area contributed by atoms with Crippen molar-refractivity contribution < 1.29 is 4.52 Å². The molecule has 0 saturated carbocycles. The van der Waals surface area contributed by atoms with Crippen molar-refractivity contribution in [2.45, 2.75) is 38.8 Å². The van der Waals surface area contributed by atoms with Crippen LogP contribution in [0.2, 0.25) is 0 Å². The van der Waals surface area contributed by atoms with Gasteiger partial charge in [0.25, 0.3) is 0 Å². The number of fused-ring (bicyclic) bond motifs is 1. The van der Waals surface area contributed by atoms with Gasteiger partial charge >= 0.3 is 0 Å². The zero-order valence-corrected chi connectivity index (χ0v) is 13.9. The molecule has 1 atom stereocenters. The standard InChI is InChI=1S/C20H21N3O/c1-15-11-12-17-9-5-6-10-18(17)23(15)14-20-21-19(22-24-20)13-16-7-3-2-4-8-16/h2-10,15H,11-14H2,1H3. The molecule has 4 heteroatoms. The Kier molecular flexibility index (Phi) is 4.03. The van der Waals surface area contributed by atoms with Gasteiger partial charge in [0.15, 0.2) is 5.82 Å². The number of aryl methyl sites for hydroxylation is 1. The molecular weight excluding hydrogens is 298 g/mol. The van der Waals surface area contributed by atoms with Gasteiger partial charge in [0.05, 0.1) is 6.54 Å². The first-order valence-electron chi connectivity index (χ1n) is 8.49. The van der Waals surface area contributed by atoms with Crippen LogP contribution in [0, 0.1) is 0 Å². The molecule has 1 unspecified atom stereocenters. The number of para-hydroxylation sites is 1. The summed E-state index contributed by atoms with van der Waals surface area (Å²) in [4.78, 5) is 6.96. The molecule has 0 N–H and O–H groups in total. The zero-order valence-electron chi connectivity index (χ0n) is 13.9. The van der Waals surface area contributed by atoms with E-state index in [0.29, 0.717) is 24.9 Å². The summed E-state index contributed by atoms with van der Waals surface area (Å²) < 4.78 is 5.50. The van der Waals surface area contributed by atoms with Crippen molar-refractivity contribution in [3.8, 4) is 0 Å². The van der Waals surface area contributed by atoms with Gasteiger partial charge in [0.1, 0.15) is 0 Å². The summed E-state index contributed by atoms with van der Waals surface area (Å²) in [6.07, 6.45) is 3.00. The summed E-state index contributed by atoms with van der Waals surface area (Å²) in [5, 5.41) is 4.15. The predicted octanol–water partition coefficient (Wildman–Crippen LogP) is 4.00. The first kappa shape index (κ1) is 14.9. The largest absolute Gasteiger partial charge is 0.359 e. The number of hydrogen-bond donors (Lipinski definition) is 0. The third-order valence-corrected chi connectivity index (χ3v) is 4.69. The Morgan fingerprint density at radius 3 is 2.75 bits per heavy atom. The molecule has 2 heterocycles. The summed E-state index contributed by atoms with van der Waals surface area (Å²) in [5.41, 5.74) is 3.89. The van der Waals surface area contributed by atoms with Crippen LogP contribution in [-0.4, -0.2) is 16.2 Å². The fourth-order valence-corrected chi connectivity index (χ4v) is 3.35. The molecule has 0 aliphatic carbocycles. The summed E-state index contributed by atoms with van der Waals surface area (Å²) in [6, 6.07) is 19.3. The van der Waals surface area contributed by atoms with Gasteiger partial charge in [-0.3, -0.25) is 0 Å². The molecule has 4 nitrogen and oxygen atoms in total. The van der Waals surface area contributed by atoms with Crippen LogP contribution in [0.25, 0.3) is 0 Å². The van der Waals surface area contributed by atoms with Gasteiger partial charge in [-0.25, -0.2) is 0 Å². The van der Waals surface area contributed by atoms with Crippen molar-refractivity contribution in [2.75, 3.05) is 4.90 Å². The van der Waals surface area contributed by atoms with Crippen molar-refractivity contribution in [1.82, 2.24) is 10.1 Å². The van der Waals surface area contributed by atoms with Crippen molar-refractivity contribution in [3.63, 3.8) is 0 Å². The van der Waals surface area contributed by atoms with Gasteiger partial charge in [-0.05, 0) is 37.0 Å². The molecule has 3 aromatic rings.